The molecule has 0 N–H and O–H groups in total. The quantitative estimate of drug-likeness (QED) is 0.645. The zero-order valence-electron chi connectivity index (χ0n) is 9.45. The average Bonchev–Trinajstić information content (AvgIpc) is 2.45. The summed E-state index contributed by atoms with van der Waals surface area (Å²) < 4.78 is 4.61. The highest BCUT2D eigenvalue weighted by Crippen LogP contribution is 2.22. The van der Waals surface area contributed by atoms with Crippen LogP contribution in [0.15, 0.2) is 0 Å². The third-order valence-electron chi connectivity index (χ3n) is 2.97. The Balaban J connectivity index is 2.15. The molecule has 1 fully saturated rings. The standard InChI is InChI=1S/C11H21NO2/c1-9-7-10(2)12(8-9)6-4-5-11(13)14-3/h9-10H,4-8H2,1-3H3. The zero-order chi connectivity index (χ0) is 10.6. The van der Waals surface area contributed by atoms with E-state index in [-0.39, 0.29) is 5.97 Å². The topological polar surface area (TPSA) is 29.5 Å². The van der Waals surface area contributed by atoms with Gasteiger partial charge in [-0.1, -0.05) is 6.92 Å². The molecule has 0 aromatic heterocycles. The second-order valence-electron chi connectivity index (χ2n) is 4.36. The van der Waals surface area contributed by atoms with E-state index in [4.69, 9.17) is 0 Å². The van der Waals surface area contributed by atoms with E-state index in [1.165, 1.54) is 20.1 Å². The van der Waals surface area contributed by atoms with E-state index in [1.54, 1.807) is 0 Å². The Bertz CT molecular complexity index is 194. The lowest BCUT2D eigenvalue weighted by Gasteiger charge is -2.20. The maximum atomic E-state index is 10.9. The van der Waals surface area contributed by atoms with Crippen LogP contribution in [0.5, 0.6) is 0 Å². The molecule has 3 heteroatoms. The summed E-state index contributed by atoms with van der Waals surface area (Å²) in [5.41, 5.74) is 0. The largest absolute Gasteiger partial charge is 0.469 e. The summed E-state index contributed by atoms with van der Waals surface area (Å²) >= 11 is 0. The maximum Gasteiger partial charge on any atom is 0.305 e. The molecule has 0 aromatic rings. The average molecular weight is 199 g/mol. The predicted octanol–water partition coefficient (Wildman–Crippen LogP) is 1.67. The Morgan fingerprint density at radius 1 is 1.50 bits per heavy atom. The Morgan fingerprint density at radius 3 is 2.71 bits per heavy atom. The van der Waals surface area contributed by atoms with E-state index in [9.17, 15) is 4.79 Å². The van der Waals surface area contributed by atoms with Crippen LogP contribution in [-0.2, 0) is 9.53 Å². The molecule has 0 spiro atoms. The van der Waals surface area contributed by atoms with Crippen LogP contribution in [0.2, 0.25) is 0 Å². The van der Waals surface area contributed by atoms with Gasteiger partial charge in [-0.15, -0.1) is 0 Å². The number of carbonyl (C=O) groups is 1. The van der Waals surface area contributed by atoms with Crippen LogP contribution in [0, 0.1) is 5.92 Å². The summed E-state index contributed by atoms with van der Waals surface area (Å²) in [6.45, 7) is 6.77. The molecule has 0 aromatic carbocycles. The predicted molar refractivity (Wildman–Crippen MR) is 56.1 cm³/mol. The molecule has 0 saturated carbocycles. The van der Waals surface area contributed by atoms with E-state index in [1.807, 2.05) is 0 Å². The number of ether oxygens (including phenoxy) is 1. The van der Waals surface area contributed by atoms with Gasteiger partial charge in [-0.2, -0.15) is 0 Å². The number of rotatable bonds is 4. The lowest BCUT2D eigenvalue weighted by molar-refractivity contribution is -0.140. The van der Waals surface area contributed by atoms with Crippen LogP contribution < -0.4 is 0 Å². The van der Waals surface area contributed by atoms with Gasteiger partial charge in [-0.3, -0.25) is 4.79 Å². The van der Waals surface area contributed by atoms with Crippen molar-refractivity contribution in [3.8, 4) is 0 Å². The molecule has 0 bridgehead atoms. The second kappa shape index (κ2) is 5.35. The van der Waals surface area contributed by atoms with E-state index < -0.39 is 0 Å². The lowest BCUT2D eigenvalue weighted by Crippen LogP contribution is -2.28. The molecule has 0 aliphatic carbocycles. The molecule has 1 heterocycles. The monoisotopic (exact) mass is 199 g/mol. The number of carbonyl (C=O) groups excluding carboxylic acids is 1. The van der Waals surface area contributed by atoms with Gasteiger partial charge >= 0.3 is 5.97 Å². The first-order valence-corrected chi connectivity index (χ1v) is 5.44. The molecule has 14 heavy (non-hydrogen) atoms. The Labute approximate surface area is 86.4 Å². The molecular weight excluding hydrogens is 178 g/mol. The van der Waals surface area contributed by atoms with Crippen molar-refractivity contribution in [3.05, 3.63) is 0 Å². The van der Waals surface area contributed by atoms with Crippen molar-refractivity contribution in [2.75, 3.05) is 20.2 Å². The number of esters is 1. The van der Waals surface area contributed by atoms with Gasteiger partial charge in [0.25, 0.3) is 0 Å². The Morgan fingerprint density at radius 2 is 2.21 bits per heavy atom. The minimum absolute atomic E-state index is 0.0927. The van der Waals surface area contributed by atoms with Crippen LogP contribution in [0.4, 0.5) is 0 Å². The minimum Gasteiger partial charge on any atom is -0.469 e. The Hall–Kier alpha value is -0.570. The van der Waals surface area contributed by atoms with Crippen LogP contribution in [0.1, 0.15) is 33.1 Å². The van der Waals surface area contributed by atoms with Crippen LogP contribution >= 0.6 is 0 Å². The zero-order valence-corrected chi connectivity index (χ0v) is 9.45. The number of methoxy groups -OCH3 is 1. The van der Waals surface area contributed by atoms with Gasteiger partial charge < -0.3 is 9.64 Å². The number of nitrogens with zero attached hydrogens (tertiary/aromatic N) is 1. The number of hydrogen-bond acceptors (Lipinski definition) is 3. The van der Waals surface area contributed by atoms with Gasteiger partial charge in [0.2, 0.25) is 0 Å². The van der Waals surface area contributed by atoms with Gasteiger partial charge in [-0.05, 0) is 32.2 Å². The Kier molecular flexibility index (Phi) is 4.39. The van der Waals surface area contributed by atoms with Gasteiger partial charge in [-0.25, -0.2) is 0 Å². The third-order valence-corrected chi connectivity index (χ3v) is 2.97. The molecule has 2 unspecified atom stereocenters. The van der Waals surface area contributed by atoms with Crippen molar-refractivity contribution in [2.45, 2.75) is 39.2 Å². The molecule has 0 radical (unpaired) electrons. The van der Waals surface area contributed by atoms with Crippen molar-refractivity contribution in [1.29, 1.82) is 0 Å². The number of hydrogen-bond donors (Lipinski definition) is 0. The summed E-state index contributed by atoms with van der Waals surface area (Å²) in [5.74, 6) is 0.716. The fourth-order valence-electron chi connectivity index (χ4n) is 2.23. The first-order valence-electron chi connectivity index (χ1n) is 5.44. The van der Waals surface area contributed by atoms with Crippen molar-refractivity contribution >= 4 is 5.97 Å². The van der Waals surface area contributed by atoms with E-state index in [2.05, 4.69) is 23.5 Å². The lowest BCUT2D eigenvalue weighted by atomic mass is 10.1. The smallest absolute Gasteiger partial charge is 0.305 e. The molecule has 1 aliphatic heterocycles. The maximum absolute atomic E-state index is 10.9. The van der Waals surface area contributed by atoms with Crippen molar-refractivity contribution in [1.82, 2.24) is 4.90 Å². The van der Waals surface area contributed by atoms with Crippen molar-refractivity contribution in [3.63, 3.8) is 0 Å². The molecule has 1 aliphatic rings. The summed E-state index contributed by atoms with van der Waals surface area (Å²) in [5, 5.41) is 0. The molecule has 1 saturated heterocycles. The SMILES string of the molecule is COC(=O)CCCN1CC(C)CC1C. The second-order valence-corrected chi connectivity index (χ2v) is 4.36. The molecule has 3 nitrogen and oxygen atoms in total. The third kappa shape index (κ3) is 3.29. The highest BCUT2D eigenvalue weighted by atomic mass is 16.5. The first kappa shape index (κ1) is 11.5. The minimum atomic E-state index is -0.0927. The molecule has 2 atom stereocenters. The van der Waals surface area contributed by atoms with Gasteiger partial charge in [0.1, 0.15) is 0 Å². The highest BCUT2D eigenvalue weighted by Gasteiger charge is 2.25. The summed E-state index contributed by atoms with van der Waals surface area (Å²) in [7, 11) is 1.45. The first-order chi connectivity index (χ1) is 6.63. The van der Waals surface area contributed by atoms with Gasteiger partial charge in [0, 0.05) is 19.0 Å². The summed E-state index contributed by atoms with van der Waals surface area (Å²) in [4.78, 5) is 13.4. The van der Waals surface area contributed by atoms with E-state index in [0.29, 0.717) is 12.5 Å². The van der Waals surface area contributed by atoms with Crippen LogP contribution in [0.25, 0.3) is 0 Å². The highest BCUT2D eigenvalue weighted by molar-refractivity contribution is 5.69. The summed E-state index contributed by atoms with van der Waals surface area (Å²) in [6, 6.07) is 0.683. The van der Waals surface area contributed by atoms with E-state index >= 15 is 0 Å². The van der Waals surface area contributed by atoms with Gasteiger partial charge in [0.05, 0.1) is 7.11 Å². The fraction of sp³-hybridized carbons (Fsp3) is 0.909. The normalized spacial score (nSPS) is 27.9. The van der Waals surface area contributed by atoms with E-state index in [0.717, 1.165) is 18.9 Å². The molecule has 0 amide bonds. The fourth-order valence-corrected chi connectivity index (χ4v) is 2.23. The molecule has 1 rings (SSSR count). The van der Waals surface area contributed by atoms with Crippen molar-refractivity contribution in [2.24, 2.45) is 5.92 Å². The van der Waals surface area contributed by atoms with Crippen LogP contribution in [0.3, 0.4) is 0 Å². The summed E-state index contributed by atoms with van der Waals surface area (Å²) in [6.07, 6.45) is 2.76. The molecular formula is C11H21NO2. The van der Waals surface area contributed by atoms with Crippen molar-refractivity contribution < 1.29 is 9.53 Å². The number of likely N-dealkylation sites (tertiary alicyclic amines) is 1. The van der Waals surface area contributed by atoms with Crippen LogP contribution in [-0.4, -0.2) is 37.1 Å². The van der Waals surface area contributed by atoms with Gasteiger partial charge in [0.15, 0.2) is 0 Å². The molecule has 82 valence electrons.